The minimum absolute atomic E-state index is 0.987. The van der Waals surface area contributed by atoms with Crippen LogP contribution in [0.25, 0.3) is 0 Å². The van der Waals surface area contributed by atoms with Crippen molar-refractivity contribution >= 4 is 16.1 Å². The Labute approximate surface area is 68.8 Å². The Morgan fingerprint density at radius 2 is 1.92 bits per heavy atom. The fraction of sp³-hybridized carbons (Fsp3) is 1.00. The second-order valence-electron chi connectivity index (χ2n) is 1.30. The summed E-state index contributed by atoms with van der Waals surface area (Å²) in [6, 6.07) is 0. The highest BCUT2D eigenvalue weighted by molar-refractivity contribution is 7.55. The van der Waals surface area contributed by atoms with Crippen molar-refractivity contribution in [1.29, 1.82) is 0 Å². The largest absolute Gasteiger partial charge is 0.506 e. The smallest absolute Gasteiger partial charge is 0.301 e. The molecule has 10 heteroatoms. The van der Waals surface area contributed by atoms with Crippen LogP contribution in [0.4, 0.5) is 0 Å². The fourth-order valence-electron chi connectivity index (χ4n) is 0.287. The molecule has 0 aliphatic carbocycles. The van der Waals surface area contributed by atoms with Crippen molar-refractivity contribution in [2.75, 3.05) is 14.2 Å². The van der Waals surface area contributed by atoms with Gasteiger partial charge in [0.2, 0.25) is 0 Å². The maximum absolute atomic E-state index is 10.6. The Hall–Kier alpha value is 0.220. The Kier molecular flexibility index (Phi) is 5.90. The van der Waals surface area contributed by atoms with Gasteiger partial charge in [-0.2, -0.15) is 4.67 Å². The third kappa shape index (κ3) is 5.82. The standard InChI is InChI=1S/C2H8O8P2/c1-6-8-11(3)10-12(4,5)9-7-2/h11H,1-2H3,(H,4,5). The number of hydrogen-bond acceptors (Lipinski definition) is 7. The van der Waals surface area contributed by atoms with E-state index in [0.717, 1.165) is 14.2 Å². The van der Waals surface area contributed by atoms with Gasteiger partial charge in [0.15, 0.2) is 0 Å². The maximum atomic E-state index is 10.6. The van der Waals surface area contributed by atoms with Crippen LogP contribution in [-0.4, -0.2) is 19.1 Å². The van der Waals surface area contributed by atoms with Crippen molar-refractivity contribution in [1.82, 2.24) is 0 Å². The van der Waals surface area contributed by atoms with Crippen molar-refractivity contribution < 1.29 is 37.5 Å². The molecule has 0 radical (unpaired) electrons. The first-order valence-electron chi connectivity index (χ1n) is 2.51. The average molecular weight is 222 g/mol. The van der Waals surface area contributed by atoms with Crippen LogP contribution < -0.4 is 0 Å². The molecule has 0 aromatic heterocycles. The van der Waals surface area contributed by atoms with Gasteiger partial charge in [0, 0.05) is 0 Å². The molecule has 1 unspecified atom stereocenters. The molecule has 0 aliphatic heterocycles. The molecule has 0 saturated heterocycles. The second kappa shape index (κ2) is 5.80. The minimum atomic E-state index is -4.47. The minimum Gasteiger partial charge on any atom is -0.301 e. The molecule has 0 aromatic carbocycles. The van der Waals surface area contributed by atoms with E-state index in [1.165, 1.54) is 0 Å². The zero-order chi connectivity index (χ0) is 9.61. The van der Waals surface area contributed by atoms with Crippen molar-refractivity contribution in [2.45, 2.75) is 0 Å². The summed E-state index contributed by atoms with van der Waals surface area (Å²) < 4.78 is 32.5. The van der Waals surface area contributed by atoms with Crippen molar-refractivity contribution in [3.8, 4) is 0 Å². The lowest BCUT2D eigenvalue weighted by Crippen LogP contribution is -1.89. The van der Waals surface area contributed by atoms with Gasteiger partial charge in [0.05, 0.1) is 14.2 Å². The van der Waals surface area contributed by atoms with E-state index in [-0.39, 0.29) is 0 Å². The lowest BCUT2D eigenvalue weighted by atomic mass is 11.8. The lowest BCUT2D eigenvalue weighted by molar-refractivity contribution is -0.199. The molecular weight excluding hydrogens is 214 g/mol. The summed E-state index contributed by atoms with van der Waals surface area (Å²) in [6.07, 6.45) is 0. The molecule has 1 N–H and O–H groups in total. The summed E-state index contributed by atoms with van der Waals surface area (Å²) >= 11 is 0. The third-order valence-corrected chi connectivity index (χ3v) is 2.67. The summed E-state index contributed by atoms with van der Waals surface area (Å²) in [5.41, 5.74) is 0. The monoisotopic (exact) mass is 222 g/mol. The van der Waals surface area contributed by atoms with E-state index in [1.807, 2.05) is 0 Å². The highest BCUT2D eigenvalue weighted by Gasteiger charge is 2.26. The van der Waals surface area contributed by atoms with Gasteiger partial charge in [-0.05, 0) is 0 Å². The Balaban J connectivity index is 3.88. The predicted octanol–water partition coefficient (Wildman–Crippen LogP) is 0.649. The molecule has 0 rings (SSSR count). The molecular formula is C2H8O8P2. The zero-order valence-corrected chi connectivity index (χ0v) is 8.15. The molecule has 0 heterocycles. The van der Waals surface area contributed by atoms with E-state index in [1.54, 1.807) is 0 Å². The highest BCUT2D eigenvalue weighted by atomic mass is 31.2. The van der Waals surface area contributed by atoms with Crippen molar-refractivity contribution in [3.63, 3.8) is 0 Å². The molecule has 0 spiro atoms. The van der Waals surface area contributed by atoms with Gasteiger partial charge in [0.25, 0.3) is 0 Å². The van der Waals surface area contributed by atoms with Crippen LogP contribution in [0.5, 0.6) is 0 Å². The summed E-state index contributed by atoms with van der Waals surface area (Å²) in [4.78, 5) is 16.3. The van der Waals surface area contributed by atoms with Gasteiger partial charge < -0.3 is 4.89 Å². The predicted molar refractivity (Wildman–Crippen MR) is 36.1 cm³/mol. The van der Waals surface area contributed by atoms with Crippen LogP contribution in [0, 0.1) is 0 Å². The summed E-state index contributed by atoms with van der Waals surface area (Å²) in [5, 5.41) is 0. The first-order valence-corrected chi connectivity index (χ1v) is 5.23. The molecule has 74 valence electrons. The Morgan fingerprint density at radius 3 is 2.33 bits per heavy atom. The third-order valence-electron chi connectivity index (χ3n) is 0.510. The first kappa shape index (κ1) is 12.2. The molecule has 0 aliphatic rings. The second-order valence-corrected chi connectivity index (χ2v) is 3.78. The SMILES string of the molecule is COO[PH](=O)O[P@@](=O)(O)OOC. The van der Waals surface area contributed by atoms with Crippen LogP contribution in [0.1, 0.15) is 0 Å². The van der Waals surface area contributed by atoms with Crippen LogP contribution >= 0.6 is 16.1 Å². The molecule has 0 saturated carbocycles. The molecule has 8 nitrogen and oxygen atoms in total. The van der Waals surface area contributed by atoms with Gasteiger partial charge >= 0.3 is 16.1 Å². The van der Waals surface area contributed by atoms with E-state index in [0.29, 0.717) is 0 Å². The van der Waals surface area contributed by atoms with E-state index >= 15 is 0 Å². The number of phosphoric acid groups is 1. The van der Waals surface area contributed by atoms with Gasteiger partial charge in [0.1, 0.15) is 0 Å². The summed E-state index contributed by atoms with van der Waals surface area (Å²) in [5.74, 6) is 0. The van der Waals surface area contributed by atoms with Gasteiger partial charge in [-0.15, -0.1) is 4.67 Å². The quantitative estimate of drug-likeness (QED) is 0.397. The molecule has 12 heavy (non-hydrogen) atoms. The van der Waals surface area contributed by atoms with Crippen LogP contribution in [0.3, 0.4) is 0 Å². The first-order chi connectivity index (χ1) is 5.52. The summed E-state index contributed by atoms with van der Waals surface area (Å²) in [6.45, 7) is 0. The van der Waals surface area contributed by atoms with E-state index in [2.05, 4.69) is 23.4 Å². The van der Waals surface area contributed by atoms with Gasteiger partial charge in [-0.3, -0.25) is 4.57 Å². The maximum Gasteiger partial charge on any atom is 0.506 e. The van der Waals surface area contributed by atoms with Crippen molar-refractivity contribution in [3.05, 3.63) is 0 Å². The molecule has 0 bridgehead atoms. The van der Waals surface area contributed by atoms with Crippen LogP contribution in [0.2, 0.25) is 0 Å². The van der Waals surface area contributed by atoms with Crippen LogP contribution in [-0.2, 0) is 32.6 Å². The number of hydrogen-bond donors (Lipinski definition) is 1. The van der Waals surface area contributed by atoms with Crippen molar-refractivity contribution in [2.24, 2.45) is 0 Å². The van der Waals surface area contributed by atoms with E-state index in [9.17, 15) is 9.13 Å². The van der Waals surface area contributed by atoms with E-state index < -0.39 is 16.1 Å². The fourth-order valence-corrected chi connectivity index (χ4v) is 1.61. The lowest BCUT2D eigenvalue weighted by Gasteiger charge is -2.07. The van der Waals surface area contributed by atoms with Gasteiger partial charge in [-0.1, -0.05) is 0 Å². The topological polar surface area (TPSA) is 101 Å². The normalized spacial score (nSPS) is 18.6. The highest BCUT2D eigenvalue weighted by Crippen LogP contribution is 2.52. The van der Waals surface area contributed by atoms with E-state index in [4.69, 9.17) is 4.89 Å². The Morgan fingerprint density at radius 1 is 1.33 bits per heavy atom. The Bertz CT molecular complexity index is 189. The average Bonchev–Trinajstić information content (AvgIpc) is 1.85. The molecule has 0 fully saturated rings. The summed E-state index contributed by atoms with van der Waals surface area (Å²) in [7, 11) is -5.63. The number of rotatable bonds is 6. The molecule has 0 aromatic rings. The molecule has 0 amide bonds. The molecule has 2 atom stereocenters. The van der Waals surface area contributed by atoms with Gasteiger partial charge in [-0.25, -0.2) is 18.7 Å². The zero-order valence-electron chi connectivity index (χ0n) is 6.25. The van der Waals surface area contributed by atoms with Crippen LogP contribution in [0.15, 0.2) is 0 Å².